The van der Waals surface area contributed by atoms with Crippen LogP contribution in [0.25, 0.3) is 0 Å². The van der Waals surface area contributed by atoms with Crippen LogP contribution in [0.2, 0.25) is 0 Å². The van der Waals surface area contributed by atoms with Gasteiger partial charge in [0.2, 0.25) is 0 Å². The fourth-order valence-corrected chi connectivity index (χ4v) is 0.347. The zero-order valence-electron chi connectivity index (χ0n) is 3.00. The van der Waals surface area contributed by atoms with Crippen molar-refractivity contribution in [3.63, 3.8) is 0 Å². The second-order valence-electron chi connectivity index (χ2n) is 0.689. The summed E-state index contributed by atoms with van der Waals surface area (Å²) in [6.07, 6.45) is 0. The Kier molecular flexibility index (Phi) is 4.83. The van der Waals surface area contributed by atoms with E-state index in [-0.39, 0.29) is 0 Å². The van der Waals surface area contributed by atoms with Crippen LogP contribution in [-0.4, -0.2) is 11.9 Å². The molecule has 2 heteroatoms. The van der Waals surface area contributed by atoms with Gasteiger partial charge in [-0.1, -0.05) is 15.9 Å². The van der Waals surface area contributed by atoms with E-state index in [0.717, 1.165) is 11.9 Å². The van der Waals surface area contributed by atoms with E-state index in [1.165, 1.54) is 0 Å². The fourth-order valence-electron chi connectivity index (χ4n) is 0.0668. The minimum Gasteiger partial charge on any atom is -0.315 e. The van der Waals surface area contributed by atoms with E-state index < -0.39 is 0 Å². The van der Waals surface area contributed by atoms with E-state index in [2.05, 4.69) is 28.3 Å². The topological polar surface area (TPSA) is 12.0 Å². The lowest BCUT2D eigenvalue weighted by Gasteiger charge is -1.82. The molecule has 1 nitrogen and oxygen atoms in total. The molecule has 0 unspecified atom stereocenters. The summed E-state index contributed by atoms with van der Waals surface area (Å²) in [4.78, 5) is 0. The van der Waals surface area contributed by atoms with Crippen LogP contribution < -0.4 is 5.32 Å². The average Bonchev–Trinajstić information content (AvgIpc) is 1.41. The number of nitrogens with one attached hydrogen (secondary N) is 1. The molecule has 31 valence electrons. The molecule has 0 aromatic carbocycles. The van der Waals surface area contributed by atoms with Gasteiger partial charge in [0, 0.05) is 18.9 Å². The molecule has 0 aromatic heterocycles. The summed E-state index contributed by atoms with van der Waals surface area (Å²) in [5, 5.41) is 3.70. The highest BCUT2D eigenvalue weighted by Crippen LogP contribution is 1.70. The Labute approximate surface area is 40.9 Å². The Morgan fingerprint density at radius 2 is 2.40 bits per heavy atom. The second kappa shape index (κ2) is 4.44. The summed E-state index contributed by atoms with van der Waals surface area (Å²) in [6, 6.07) is 0. The summed E-state index contributed by atoms with van der Waals surface area (Å²) in [5.41, 5.74) is 0. The molecule has 0 aliphatic heterocycles. The minimum atomic E-state index is 0.944. The first-order valence-corrected chi connectivity index (χ1v) is 2.60. The van der Waals surface area contributed by atoms with Crippen molar-refractivity contribution in [2.45, 2.75) is 0 Å². The molecule has 0 amide bonds. The Bertz CT molecular complexity index is 14.4. The van der Waals surface area contributed by atoms with Gasteiger partial charge in [0.25, 0.3) is 0 Å². The van der Waals surface area contributed by atoms with Crippen molar-refractivity contribution in [1.29, 1.82) is 0 Å². The summed E-state index contributed by atoms with van der Waals surface area (Å²) >= 11 is 3.21. The Morgan fingerprint density at radius 1 is 1.80 bits per heavy atom. The van der Waals surface area contributed by atoms with Crippen LogP contribution in [0.5, 0.6) is 0 Å². The van der Waals surface area contributed by atoms with Crippen LogP contribution in [0.15, 0.2) is 0 Å². The lowest BCUT2D eigenvalue weighted by atomic mass is 10.8. The molecule has 0 saturated carbocycles. The van der Waals surface area contributed by atoms with Gasteiger partial charge in [-0.3, -0.25) is 0 Å². The molecule has 5 heavy (non-hydrogen) atoms. The van der Waals surface area contributed by atoms with E-state index in [1.54, 1.807) is 0 Å². The second-order valence-corrected chi connectivity index (χ2v) is 1.48. The first-order chi connectivity index (χ1) is 2.41. The van der Waals surface area contributed by atoms with Crippen molar-refractivity contribution in [2.24, 2.45) is 0 Å². The zero-order valence-corrected chi connectivity index (χ0v) is 4.59. The molecule has 1 N–H and O–H groups in total. The van der Waals surface area contributed by atoms with Crippen molar-refractivity contribution < 1.29 is 0 Å². The van der Waals surface area contributed by atoms with Gasteiger partial charge in [-0.05, 0) is 0 Å². The highest BCUT2D eigenvalue weighted by Gasteiger charge is 1.66. The number of rotatable bonds is 2. The molecule has 0 saturated heterocycles. The van der Waals surface area contributed by atoms with Crippen LogP contribution in [0, 0.1) is 7.05 Å². The third kappa shape index (κ3) is 4.44. The zero-order chi connectivity index (χ0) is 4.12. The monoisotopic (exact) mass is 136 g/mol. The molecule has 0 bridgehead atoms. The third-order valence-corrected chi connectivity index (χ3v) is 0.668. The highest BCUT2D eigenvalue weighted by atomic mass is 79.9. The molecule has 0 fully saturated rings. The standard InChI is InChI=1S/C3H7BrN/c1-5-3-2-4/h5H,1-3H2. The Hall–Kier alpha value is 0.440. The lowest BCUT2D eigenvalue weighted by molar-refractivity contribution is 0.931. The minimum absolute atomic E-state index is 0.944. The van der Waals surface area contributed by atoms with Crippen LogP contribution in [0.4, 0.5) is 0 Å². The van der Waals surface area contributed by atoms with Gasteiger partial charge in [-0.15, -0.1) is 0 Å². The quantitative estimate of drug-likeness (QED) is 0.554. The molecule has 0 aromatic rings. The summed E-state index contributed by atoms with van der Waals surface area (Å²) in [6.45, 7) is 0.944. The summed E-state index contributed by atoms with van der Waals surface area (Å²) in [7, 11) is 3.40. The van der Waals surface area contributed by atoms with Gasteiger partial charge in [-0.2, -0.15) is 0 Å². The number of hydrogen-bond donors (Lipinski definition) is 1. The van der Waals surface area contributed by atoms with E-state index in [0.29, 0.717) is 0 Å². The molecule has 0 rings (SSSR count). The SMILES string of the molecule is [CH2]NCCBr. The van der Waals surface area contributed by atoms with Crippen molar-refractivity contribution in [1.82, 2.24) is 5.32 Å². The van der Waals surface area contributed by atoms with E-state index in [4.69, 9.17) is 0 Å². The van der Waals surface area contributed by atoms with Crippen LogP contribution in [-0.2, 0) is 0 Å². The first-order valence-electron chi connectivity index (χ1n) is 1.47. The first kappa shape index (κ1) is 5.44. The largest absolute Gasteiger partial charge is 0.315 e. The van der Waals surface area contributed by atoms with Crippen molar-refractivity contribution >= 4 is 15.9 Å². The van der Waals surface area contributed by atoms with Gasteiger partial charge in [-0.25, -0.2) is 0 Å². The van der Waals surface area contributed by atoms with Gasteiger partial charge >= 0.3 is 0 Å². The normalized spacial score (nSPS) is 8.40. The predicted octanol–water partition coefficient (Wildman–Crippen LogP) is 0.762. The molecule has 0 heterocycles. The van der Waals surface area contributed by atoms with E-state index in [1.807, 2.05) is 0 Å². The van der Waals surface area contributed by atoms with Crippen LogP contribution in [0.3, 0.4) is 0 Å². The maximum absolute atomic E-state index is 3.40. The smallest absolute Gasteiger partial charge is 0.0157 e. The maximum Gasteiger partial charge on any atom is 0.0157 e. The molecular weight excluding hydrogens is 130 g/mol. The van der Waals surface area contributed by atoms with Crippen molar-refractivity contribution in [3.8, 4) is 0 Å². The molecular formula is C3H7BrN. The average molecular weight is 137 g/mol. The van der Waals surface area contributed by atoms with Crippen molar-refractivity contribution in [2.75, 3.05) is 11.9 Å². The molecule has 0 atom stereocenters. The maximum atomic E-state index is 3.40. The third-order valence-electron chi connectivity index (χ3n) is 0.271. The number of hydrogen-bond acceptors (Lipinski definition) is 1. The van der Waals surface area contributed by atoms with E-state index >= 15 is 0 Å². The summed E-state index contributed by atoms with van der Waals surface area (Å²) < 4.78 is 0. The molecule has 0 aliphatic carbocycles. The fraction of sp³-hybridized carbons (Fsp3) is 0.667. The molecule has 0 spiro atoms. The summed E-state index contributed by atoms with van der Waals surface area (Å²) in [5.74, 6) is 0. The number of halogens is 1. The predicted molar refractivity (Wildman–Crippen MR) is 27.2 cm³/mol. The van der Waals surface area contributed by atoms with Crippen LogP contribution >= 0.6 is 15.9 Å². The molecule has 1 radical (unpaired) electrons. The van der Waals surface area contributed by atoms with Gasteiger partial charge in [0.05, 0.1) is 0 Å². The Balaban J connectivity index is 2.19. The Morgan fingerprint density at radius 3 is 2.40 bits per heavy atom. The number of alkyl halides is 1. The highest BCUT2D eigenvalue weighted by molar-refractivity contribution is 9.09. The van der Waals surface area contributed by atoms with Gasteiger partial charge in [0.1, 0.15) is 0 Å². The molecule has 0 aliphatic rings. The van der Waals surface area contributed by atoms with E-state index in [9.17, 15) is 0 Å². The van der Waals surface area contributed by atoms with Gasteiger partial charge < -0.3 is 5.32 Å². The van der Waals surface area contributed by atoms with Crippen molar-refractivity contribution in [3.05, 3.63) is 7.05 Å². The van der Waals surface area contributed by atoms with Gasteiger partial charge in [0.15, 0.2) is 0 Å². The van der Waals surface area contributed by atoms with Crippen LogP contribution in [0.1, 0.15) is 0 Å². The lowest BCUT2D eigenvalue weighted by Crippen LogP contribution is -2.04.